The van der Waals surface area contributed by atoms with Crippen molar-refractivity contribution in [3.63, 3.8) is 0 Å². The van der Waals surface area contributed by atoms with Crippen LogP contribution in [0.25, 0.3) is 10.9 Å². The molecule has 0 aliphatic carbocycles. The maximum Gasteiger partial charge on any atom is 0.270 e. The Balaban J connectivity index is 2.03. The number of nitrogens with zero attached hydrogens (tertiary/aromatic N) is 1. The van der Waals surface area contributed by atoms with E-state index in [1.54, 1.807) is 11.9 Å². The Bertz CT molecular complexity index is 592. The van der Waals surface area contributed by atoms with Gasteiger partial charge < -0.3 is 20.7 Å². The first-order chi connectivity index (χ1) is 9.61. The van der Waals surface area contributed by atoms with E-state index < -0.39 is 0 Å². The van der Waals surface area contributed by atoms with Gasteiger partial charge in [-0.1, -0.05) is 0 Å². The molecule has 5 nitrogen and oxygen atoms in total. The van der Waals surface area contributed by atoms with E-state index in [4.69, 9.17) is 10.8 Å². The highest BCUT2D eigenvalue weighted by atomic mass is 16.2. The molecule has 0 unspecified atom stereocenters. The van der Waals surface area contributed by atoms with Gasteiger partial charge in [-0.3, -0.25) is 4.79 Å². The number of H-pyrrole nitrogens is 1. The van der Waals surface area contributed by atoms with E-state index in [2.05, 4.69) is 4.98 Å². The third-order valence-electron chi connectivity index (χ3n) is 3.37. The third-order valence-corrected chi connectivity index (χ3v) is 3.37. The number of fused-ring (bicyclic) bond motifs is 1. The lowest BCUT2D eigenvalue weighted by molar-refractivity contribution is 0.0787. The summed E-state index contributed by atoms with van der Waals surface area (Å²) in [6.07, 6.45) is 2.61. The predicted octanol–water partition coefficient (Wildman–Crippen LogP) is 1.98. The summed E-state index contributed by atoms with van der Waals surface area (Å²) in [6, 6.07) is 7.37. The van der Waals surface area contributed by atoms with Crippen molar-refractivity contribution in [2.45, 2.75) is 19.3 Å². The first kappa shape index (κ1) is 14.4. The Labute approximate surface area is 118 Å². The first-order valence-electron chi connectivity index (χ1n) is 6.86. The molecule has 1 aromatic carbocycles. The molecule has 0 aliphatic heterocycles. The van der Waals surface area contributed by atoms with Crippen molar-refractivity contribution >= 4 is 22.5 Å². The van der Waals surface area contributed by atoms with Crippen LogP contribution >= 0.6 is 0 Å². The molecule has 0 spiro atoms. The lowest BCUT2D eigenvalue weighted by atomic mass is 10.2. The van der Waals surface area contributed by atoms with Gasteiger partial charge in [0.1, 0.15) is 5.69 Å². The third kappa shape index (κ3) is 3.30. The molecule has 1 aromatic heterocycles. The maximum atomic E-state index is 12.3. The molecule has 0 atom stereocenters. The number of carbonyl (C=O) groups excluding carboxylic acids is 1. The predicted molar refractivity (Wildman–Crippen MR) is 80.6 cm³/mol. The number of benzene rings is 1. The Morgan fingerprint density at radius 2 is 2.10 bits per heavy atom. The summed E-state index contributed by atoms with van der Waals surface area (Å²) in [4.78, 5) is 17.1. The molecule has 1 heterocycles. The van der Waals surface area contributed by atoms with Crippen LogP contribution in [0.5, 0.6) is 0 Å². The van der Waals surface area contributed by atoms with Gasteiger partial charge in [0.25, 0.3) is 5.91 Å². The van der Waals surface area contributed by atoms with Crippen LogP contribution in [0.1, 0.15) is 29.8 Å². The van der Waals surface area contributed by atoms with Crippen LogP contribution in [0.3, 0.4) is 0 Å². The van der Waals surface area contributed by atoms with Crippen LogP contribution in [-0.2, 0) is 0 Å². The highest BCUT2D eigenvalue weighted by Crippen LogP contribution is 2.19. The number of amides is 1. The number of aliphatic hydroxyl groups excluding tert-OH is 1. The molecule has 0 radical (unpaired) electrons. The number of hydrogen-bond acceptors (Lipinski definition) is 3. The van der Waals surface area contributed by atoms with Gasteiger partial charge in [-0.15, -0.1) is 0 Å². The molecule has 20 heavy (non-hydrogen) atoms. The molecule has 0 saturated carbocycles. The van der Waals surface area contributed by atoms with Gasteiger partial charge in [-0.2, -0.15) is 0 Å². The molecule has 0 bridgehead atoms. The second-order valence-corrected chi connectivity index (χ2v) is 5.04. The van der Waals surface area contributed by atoms with Crippen molar-refractivity contribution in [3.05, 3.63) is 30.0 Å². The number of nitrogens with two attached hydrogens (primary N) is 1. The van der Waals surface area contributed by atoms with Crippen LogP contribution in [0.15, 0.2) is 24.3 Å². The molecule has 0 aliphatic rings. The summed E-state index contributed by atoms with van der Waals surface area (Å²) in [5.74, 6) is -0.0243. The summed E-state index contributed by atoms with van der Waals surface area (Å²) in [5.41, 5.74) is 7.91. The van der Waals surface area contributed by atoms with Gasteiger partial charge in [0.05, 0.1) is 0 Å². The van der Waals surface area contributed by atoms with Crippen molar-refractivity contribution in [3.8, 4) is 0 Å². The molecule has 2 aromatic rings. The van der Waals surface area contributed by atoms with Gasteiger partial charge in [0, 0.05) is 36.8 Å². The van der Waals surface area contributed by atoms with E-state index in [9.17, 15) is 4.79 Å². The monoisotopic (exact) mass is 275 g/mol. The highest BCUT2D eigenvalue weighted by Gasteiger charge is 2.14. The minimum absolute atomic E-state index is 0.0243. The Morgan fingerprint density at radius 1 is 1.30 bits per heavy atom. The summed E-state index contributed by atoms with van der Waals surface area (Å²) in [7, 11) is 1.79. The number of carbonyl (C=O) groups is 1. The molecule has 4 N–H and O–H groups in total. The van der Waals surface area contributed by atoms with E-state index in [0.717, 1.165) is 30.2 Å². The van der Waals surface area contributed by atoms with E-state index in [0.29, 0.717) is 17.9 Å². The number of rotatable bonds is 6. The number of unbranched alkanes of at least 4 members (excludes halogenated alkanes) is 2. The van der Waals surface area contributed by atoms with Crippen molar-refractivity contribution in [2.75, 3.05) is 25.9 Å². The average molecular weight is 275 g/mol. The van der Waals surface area contributed by atoms with Gasteiger partial charge in [0.2, 0.25) is 0 Å². The fraction of sp³-hybridized carbons (Fsp3) is 0.400. The SMILES string of the molecule is CN(CCCCCO)C(=O)c1cc2cc(N)ccc2[nH]1. The van der Waals surface area contributed by atoms with Gasteiger partial charge in [0.15, 0.2) is 0 Å². The van der Waals surface area contributed by atoms with E-state index in [1.807, 2.05) is 24.3 Å². The minimum Gasteiger partial charge on any atom is -0.399 e. The number of aromatic amines is 1. The zero-order valence-corrected chi connectivity index (χ0v) is 11.7. The van der Waals surface area contributed by atoms with Crippen LogP contribution in [0, 0.1) is 0 Å². The quantitative estimate of drug-likeness (QED) is 0.557. The number of anilines is 1. The first-order valence-corrected chi connectivity index (χ1v) is 6.86. The second kappa shape index (κ2) is 6.43. The van der Waals surface area contributed by atoms with Crippen molar-refractivity contribution in [1.29, 1.82) is 0 Å². The topological polar surface area (TPSA) is 82.3 Å². The summed E-state index contributed by atoms with van der Waals surface area (Å²) >= 11 is 0. The van der Waals surface area contributed by atoms with Gasteiger partial charge in [-0.25, -0.2) is 0 Å². The summed E-state index contributed by atoms with van der Waals surface area (Å²) in [5, 5.41) is 9.67. The Kier molecular flexibility index (Phi) is 4.63. The number of aromatic nitrogens is 1. The number of aliphatic hydroxyl groups is 1. The zero-order chi connectivity index (χ0) is 14.5. The molecule has 2 rings (SSSR count). The van der Waals surface area contributed by atoms with Crippen LogP contribution in [0.2, 0.25) is 0 Å². The van der Waals surface area contributed by atoms with Crippen LogP contribution in [0.4, 0.5) is 5.69 Å². The molecule has 0 saturated heterocycles. The standard InChI is InChI=1S/C15H21N3O2/c1-18(7-3-2-4-8-19)15(20)14-10-11-9-12(16)5-6-13(11)17-14/h5-6,9-10,17,19H,2-4,7-8,16H2,1H3. The lowest BCUT2D eigenvalue weighted by Gasteiger charge is -2.15. The zero-order valence-electron chi connectivity index (χ0n) is 11.7. The molecule has 5 heteroatoms. The summed E-state index contributed by atoms with van der Waals surface area (Å²) in [6.45, 7) is 0.900. The van der Waals surface area contributed by atoms with E-state index in [-0.39, 0.29) is 12.5 Å². The van der Waals surface area contributed by atoms with Gasteiger partial charge in [-0.05, 0) is 43.5 Å². The normalized spacial score (nSPS) is 10.9. The number of nitrogens with one attached hydrogen (secondary N) is 1. The molecule has 1 amide bonds. The lowest BCUT2D eigenvalue weighted by Crippen LogP contribution is -2.28. The van der Waals surface area contributed by atoms with Crippen molar-refractivity contribution in [2.24, 2.45) is 0 Å². The molecule has 108 valence electrons. The average Bonchev–Trinajstić information content (AvgIpc) is 2.85. The largest absolute Gasteiger partial charge is 0.399 e. The Morgan fingerprint density at radius 3 is 2.85 bits per heavy atom. The highest BCUT2D eigenvalue weighted by molar-refractivity contribution is 5.98. The number of nitrogen functional groups attached to an aromatic ring is 1. The van der Waals surface area contributed by atoms with E-state index in [1.165, 1.54) is 0 Å². The van der Waals surface area contributed by atoms with Crippen LogP contribution in [-0.4, -0.2) is 41.1 Å². The fourth-order valence-electron chi connectivity index (χ4n) is 2.21. The molecular weight excluding hydrogens is 254 g/mol. The van der Waals surface area contributed by atoms with E-state index >= 15 is 0 Å². The Hall–Kier alpha value is -2.01. The number of hydrogen-bond donors (Lipinski definition) is 3. The summed E-state index contributed by atoms with van der Waals surface area (Å²) < 4.78 is 0. The van der Waals surface area contributed by atoms with Crippen molar-refractivity contribution in [1.82, 2.24) is 9.88 Å². The van der Waals surface area contributed by atoms with Crippen LogP contribution < -0.4 is 5.73 Å². The smallest absolute Gasteiger partial charge is 0.270 e. The minimum atomic E-state index is -0.0243. The molecule has 0 fully saturated rings. The fourth-order valence-corrected chi connectivity index (χ4v) is 2.21. The van der Waals surface area contributed by atoms with Crippen molar-refractivity contribution < 1.29 is 9.90 Å². The second-order valence-electron chi connectivity index (χ2n) is 5.04. The maximum absolute atomic E-state index is 12.3. The van der Waals surface area contributed by atoms with Gasteiger partial charge >= 0.3 is 0 Å². The molecular formula is C15H21N3O2.